The van der Waals surface area contributed by atoms with Crippen LogP contribution in [0.15, 0.2) is 24.7 Å². The number of piperazine rings is 1. The number of nitrogens with zero attached hydrogens (tertiary/aromatic N) is 6. The Hall–Kier alpha value is -2.53. The molecule has 10 nitrogen and oxygen atoms in total. The van der Waals surface area contributed by atoms with Crippen LogP contribution in [0.2, 0.25) is 0 Å². The molecule has 0 bridgehead atoms. The summed E-state index contributed by atoms with van der Waals surface area (Å²) in [6, 6.07) is 1.99. The first-order chi connectivity index (χ1) is 15.4. The number of rotatable bonds is 3. The van der Waals surface area contributed by atoms with E-state index in [2.05, 4.69) is 20.2 Å². The molecule has 2 aromatic heterocycles. The van der Waals surface area contributed by atoms with Crippen molar-refractivity contribution in [1.82, 2.24) is 29.8 Å². The van der Waals surface area contributed by atoms with E-state index in [4.69, 9.17) is 5.73 Å². The molecule has 1 amide bonds. The van der Waals surface area contributed by atoms with Gasteiger partial charge in [-0.2, -0.15) is 0 Å². The number of nitrogens with two attached hydrogens (primary N) is 1. The van der Waals surface area contributed by atoms with Crippen LogP contribution in [-0.2, 0) is 14.6 Å². The Kier molecular flexibility index (Phi) is 5.62. The number of aromatic nitrogens is 4. The largest absolute Gasteiger partial charge is 0.397 e. The monoisotopic (exact) mass is 459 g/mol. The zero-order valence-corrected chi connectivity index (χ0v) is 18.8. The van der Waals surface area contributed by atoms with Gasteiger partial charge >= 0.3 is 0 Å². The zero-order valence-electron chi connectivity index (χ0n) is 18.0. The number of fused-ring (bicyclic) bond motifs is 1. The quantitative estimate of drug-likeness (QED) is 0.707. The number of nitrogen functional groups attached to an aromatic ring is 1. The fourth-order valence-electron chi connectivity index (χ4n) is 5.21. The predicted molar refractivity (Wildman–Crippen MR) is 119 cm³/mol. The minimum absolute atomic E-state index is 0.000823. The minimum Gasteiger partial charge on any atom is -0.397 e. The van der Waals surface area contributed by atoms with Crippen LogP contribution in [0.4, 0.5) is 5.69 Å². The third-order valence-corrected chi connectivity index (χ3v) is 8.73. The number of carbonyl (C=O) groups is 1. The number of amides is 1. The second kappa shape index (κ2) is 8.43. The van der Waals surface area contributed by atoms with E-state index in [1.807, 2.05) is 21.8 Å². The van der Waals surface area contributed by atoms with Crippen molar-refractivity contribution in [2.75, 3.05) is 43.4 Å². The van der Waals surface area contributed by atoms with Crippen molar-refractivity contribution in [2.45, 2.75) is 37.8 Å². The van der Waals surface area contributed by atoms with Crippen LogP contribution in [0.1, 0.15) is 31.7 Å². The van der Waals surface area contributed by atoms with Crippen molar-refractivity contribution in [3.8, 4) is 11.3 Å². The highest BCUT2D eigenvalue weighted by atomic mass is 32.2. The van der Waals surface area contributed by atoms with Gasteiger partial charge in [-0.3, -0.25) is 14.7 Å². The van der Waals surface area contributed by atoms with Gasteiger partial charge in [-0.25, -0.2) is 13.1 Å². The van der Waals surface area contributed by atoms with Crippen LogP contribution in [0, 0.1) is 5.92 Å². The van der Waals surface area contributed by atoms with E-state index in [1.165, 1.54) is 0 Å². The molecule has 0 aromatic carbocycles. The first-order valence-corrected chi connectivity index (χ1v) is 13.1. The lowest BCUT2D eigenvalue weighted by molar-refractivity contribution is -0.139. The van der Waals surface area contributed by atoms with Crippen LogP contribution in [0.25, 0.3) is 11.3 Å². The molecule has 3 fully saturated rings. The number of carbonyl (C=O) groups excluding carboxylic acids is 1. The fourth-order valence-corrected chi connectivity index (χ4v) is 6.79. The summed E-state index contributed by atoms with van der Waals surface area (Å²) in [6.07, 6.45) is 8.59. The van der Waals surface area contributed by atoms with Crippen molar-refractivity contribution in [2.24, 2.45) is 5.92 Å². The first-order valence-electron chi connectivity index (χ1n) is 11.2. The maximum atomic E-state index is 13.2. The highest BCUT2D eigenvalue weighted by Gasteiger charge is 2.38. The summed E-state index contributed by atoms with van der Waals surface area (Å²) < 4.78 is 25.9. The second-order valence-electron chi connectivity index (χ2n) is 9.18. The molecular formula is C21H29N7O3S. The summed E-state index contributed by atoms with van der Waals surface area (Å²) >= 11 is 0. The fraction of sp³-hybridized carbons (Fsp3) is 0.619. The van der Waals surface area contributed by atoms with Gasteiger partial charge in [-0.1, -0.05) is 5.21 Å². The van der Waals surface area contributed by atoms with Gasteiger partial charge in [-0.05, 0) is 31.7 Å². The molecular weight excluding hydrogens is 430 g/mol. The molecule has 0 radical (unpaired) electrons. The lowest BCUT2D eigenvalue weighted by Crippen LogP contribution is -2.61. The molecule has 1 atom stereocenters. The molecule has 2 N–H and O–H groups in total. The van der Waals surface area contributed by atoms with Crippen molar-refractivity contribution >= 4 is 21.4 Å². The molecule has 32 heavy (non-hydrogen) atoms. The smallest absolute Gasteiger partial charge is 0.225 e. The molecule has 0 spiro atoms. The lowest BCUT2D eigenvalue weighted by Gasteiger charge is -2.44. The number of hydrogen-bond acceptors (Lipinski definition) is 8. The van der Waals surface area contributed by atoms with Gasteiger partial charge in [0, 0.05) is 56.1 Å². The van der Waals surface area contributed by atoms with Gasteiger partial charge in [0.25, 0.3) is 0 Å². The van der Waals surface area contributed by atoms with Gasteiger partial charge in [0.2, 0.25) is 5.91 Å². The van der Waals surface area contributed by atoms with Crippen LogP contribution in [0.5, 0.6) is 0 Å². The summed E-state index contributed by atoms with van der Waals surface area (Å²) in [5, 5.41) is 8.57. The Bertz CT molecular complexity index is 1090. The van der Waals surface area contributed by atoms with Gasteiger partial charge in [0.05, 0.1) is 29.4 Å². The SMILES string of the molecule is Nc1cncc(-c2cn(C3CCC(C(=O)N4CCN5CCS(=O)(=O)CC5C4)CC3)nn2)c1. The van der Waals surface area contributed by atoms with Crippen molar-refractivity contribution < 1.29 is 13.2 Å². The molecule has 4 heterocycles. The van der Waals surface area contributed by atoms with E-state index in [9.17, 15) is 13.2 Å². The molecule has 3 aliphatic rings. The topological polar surface area (TPSA) is 127 Å². The standard InChI is InChI=1S/C21H29N7O3S/c22-17-9-16(10-23-11-17)20-13-28(25-24-20)18-3-1-15(2-4-18)21(29)27-6-5-26-7-8-32(30,31)14-19(26)12-27/h9-11,13,15,18-19H,1-8,12,14,22H2. The Labute approximate surface area is 187 Å². The minimum atomic E-state index is -2.99. The van der Waals surface area contributed by atoms with E-state index in [0.29, 0.717) is 25.3 Å². The Morgan fingerprint density at radius 2 is 1.88 bits per heavy atom. The summed E-state index contributed by atoms with van der Waals surface area (Å²) in [5.74, 6) is 0.579. The molecule has 2 aromatic rings. The molecule has 1 unspecified atom stereocenters. The average molecular weight is 460 g/mol. The third-order valence-electron chi connectivity index (χ3n) is 7.04. The van der Waals surface area contributed by atoms with Crippen LogP contribution < -0.4 is 5.73 Å². The van der Waals surface area contributed by atoms with Crippen LogP contribution in [0.3, 0.4) is 0 Å². The Morgan fingerprint density at radius 1 is 1.06 bits per heavy atom. The Balaban J connectivity index is 1.18. The van der Waals surface area contributed by atoms with E-state index in [1.54, 1.807) is 12.4 Å². The highest BCUT2D eigenvalue weighted by Crippen LogP contribution is 2.34. The summed E-state index contributed by atoms with van der Waals surface area (Å²) in [5.41, 5.74) is 7.98. The van der Waals surface area contributed by atoms with Crippen LogP contribution in [-0.4, -0.2) is 87.8 Å². The van der Waals surface area contributed by atoms with Crippen LogP contribution >= 0.6 is 0 Å². The van der Waals surface area contributed by atoms with Crippen molar-refractivity contribution in [1.29, 1.82) is 0 Å². The van der Waals surface area contributed by atoms with Crippen molar-refractivity contribution in [3.63, 3.8) is 0 Å². The average Bonchev–Trinajstić information content (AvgIpc) is 3.28. The van der Waals surface area contributed by atoms with Gasteiger partial charge in [0.15, 0.2) is 9.84 Å². The Morgan fingerprint density at radius 3 is 2.66 bits per heavy atom. The lowest BCUT2D eigenvalue weighted by atomic mass is 9.85. The maximum Gasteiger partial charge on any atom is 0.225 e. The molecule has 1 saturated carbocycles. The molecule has 5 rings (SSSR count). The number of hydrogen-bond donors (Lipinski definition) is 1. The van der Waals surface area contributed by atoms with Gasteiger partial charge in [-0.15, -0.1) is 5.10 Å². The summed E-state index contributed by atoms with van der Waals surface area (Å²) in [6.45, 7) is 2.57. The van der Waals surface area contributed by atoms with Gasteiger partial charge < -0.3 is 10.6 Å². The molecule has 2 aliphatic heterocycles. The predicted octanol–water partition coefficient (Wildman–Crippen LogP) is 0.595. The third kappa shape index (κ3) is 4.36. The van der Waals surface area contributed by atoms with Gasteiger partial charge in [0.1, 0.15) is 5.69 Å². The summed E-state index contributed by atoms with van der Waals surface area (Å²) in [4.78, 5) is 21.4. The zero-order chi connectivity index (χ0) is 22.3. The number of sulfone groups is 1. The number of pyridine rings is 1. The van der Waals surface area contributed by atoms with E-state index < -0.39 is 9.84 Å². The van der Waals surface area contributed by atoms with E-state index in [-0.39, 0.29) is 35.4 Å². The summed E-state index contributed by atoms with van der Waals surface area (Å²) in [7, 11) is -2.99. The molecule has 172 valence electrons. The van der Waals surface area contributed by atoms with Crippen molar-refractivity contribution in [3.05, 3.63) is 24.7 Å². The first kappa shape index (κ1) is 21.3. The van der Waals surface area contributed by atoms with E-state index >= 15 is 0 Å². The molecule has 1 aliphatic carbocycles. The molecule has 11 heteroatoms. The second-order valence-corrected chi connectivity index (χ2v) is 11.4. The highest BCUT2D eigenvalue weighted by molar-refractivity contribution is 7.91. The van der Waals surface area contributed by atoms with E-state index in [0.717, 1.165) is 43.5 Å². The maximum absolute atomic E-state index is 13.2. The number of anilines is 1. The molecule has 2 saturated heterocycles. The normalized spacial score (nSPS) is 28.2.